The molecule has 0 spiro atoms. The van der Waals surface area contributed by atoms with Gasteiger partial charge in [0, 0.05) is 24.2 Å². The molecule has 4 nitrogen and oxygen atoms in total. The summed E-state index contributed by atoms with van der Waals surface area (Å²) in [5.74, 6) is 1.39. The second-order valence-corrected chi connectivity index (χ2v) is 5.38. The molecule has 1 aliphatic rings. The van der Waals surface area contributed by atoms with E-state index in [1.54, 1.807) is 7.05 Å². The monoisotopic (exact) mass is 262 g/mol. The van der Waals surface area contributed by atoms with Gasteiger partial charge in [-0.25, -0.2) is 0 Å². The fourth-order valence-electron chi connectivity index (χ4n) is 2.29. The fraction of sp³-hybridized carbons (Fsp3) is 0.533. The SMILES string of the molecule is CNC(=O)c1cccc2c1C[C@@H](NCC(C)C)CO2. The van der Waals surface area contributed by atoms with Crippen LogP contribution in [0.5, 0.6) is 5.75 Å². The van der Waals surface area contributed by atoms with Crippen LogP contribution in [0.3, 0.4) is 0 Å². The molecule has 0 fully saturated rings. The molecule has 1 heterocycles. The summed E-state index contributed by atoms with van der Waals surface area (Å²) in [5, 5.41) is 6.17. The minimum atomic E-state index is -0.0510. The lowest BCUT2D eigenvalue weighted by Crippen LogP contribution is -2.41. The van der Waals surface area contributed by atoms with Crippen LogP contribution in [0.15, 0.2) is 18.2 Å². The van der Waals surface area contributed by atoms with Crippen molar-refractivity contribution in [2.24, 2.45) is 5.92 Å². The Kier molecular flexibility index (Phi) is 4.43. The van der Waals surface area contributed by atoms with Crippen LogP contribution in [0, 0.1) is 5.92 Å². The van der Waals surface area contributed by atoms with Crippen LogP contribution in [-0.2, 0) is 6.42 Å². The van der Waals surface area contributed by atoms with E-state index in [-0.39, 0.29) is 11.9 Å². The molecule has 0 unspecified atom stereocenters. The van der Waals surface area contributed by atoms with Crippen molar-refractivity contribution in [1.29, 1.82) is 0 Å². The van der Waals surface area contributed by atoms with Crippen molar-refractivity contribution in [2.75, 3.05) is 20.2 Å². The first kappa shape index (κ1) is 13.9. The summed E-state index contributed by atoms with van der Waals surface area (Å²) in [4.78, 5) is 11.9. The van der Waals surface area contributed by atoms with Gasteiger partial charge in [0.25, 0.3) is 5.91 Å². The lowest BCUT2D eigenvalue weighted by Gasteiger charge is -2.28. The van der Waals surface area contributed by atoms with Crippen LogP contribution in [-0.4, -0.2) is 32.1 Å². The van der Waals surface area contributed by atoms with Gasteiger partial charge in [0.05, 0.1) is 0 Å². The van der Waals surface area contributed by atoms with E-state index in [0.717, 1.165) is 29.8 Å². The molecule has 1 amide bonds. The summed E-state index contributed by atoms with van der Waals surface area (Å²) in [6, 6.07) is 5.93. The third-order valence-corrected chi connectivity index (χ3v) is 3.31. The van der Waals surface area contributed by atoms with Crippen LogP contribution < -0.4 is 15.4 Å². The third-order valence-electron chi connectivity index (χ3n) is 3.31. The second-order valence-electron chi connectivity index (χ2n) is 5.38. The minimum Gasteiger partial charge on any atom is -0.492 e. The Morgan fingerprint density at radius 3 is 2.95 bits per heavy atom. The number of fused-ring (bicyclic) bond motifs is 1. The lowest BCUT2D eigenvalue weighted by molar-refractivity contribution is 0.0960. The Bertz CT molecular complexity index is 457. The number of hydrogen-bond acceptors (Lipinski definition) is 3. The Hall–Kier alpha value is -1.55. The number of nitrogens with one attached hydrogen (secondary N) is 2. The smallest absolute Gasteiger partial charge is 0.251 e. The maximum atomic E-state index is 11.9. The second kappa shape index (κ2) is 6.06. The van der Waals surface area contributed by atoms with Crippen molar-refractivity contribution in [1.82, 2.24) is 10.6 Å². The summed E-state index contributed by atoms with van der Waals surface area (Å²) >= 11 is 0. The molecule has 104 valence electrons. The minimum absolute atomic E-state index is 0.0510. The maximum Gasteiger partial charge on any atom is 0.251 e. The zero-order valence-corrected chi connectivity index (χ0v) is 11.8. The van der Waals surface area contributed by atoms with Crippen LogP contribution >= 0.6 is 0 Å². The number of carbonyl (C=O) groups excluding carboxylic acids is 1. The molecule has 19 heavy (non-hydrogen) atoms. The molecule has 2 N–H and O–H groups in total. The normalized spacial score (nSPS) is 17.8. The molecule has 0 saturated heterocycles. The van der Waals surface area contributed by atoms with E-state index >= 15 is 0 Å². The summed E-state index contributed by atoms with van der Waals surface area (Å²) in [6.45, 7) is 5.99. The van der Waals surface area contributed by atoms with Crippen LogP contribution in [0.1, 0.15) is 29.8 Å². The average Bonchev–Trinajstić information content (AvgIpc) is 2.43. The van der Waals surface area contributed by atoms with Gasteiger partial charge in [0.2, 0.25) is 0 Å². The fourth-order valence-corrected chi connectivity index (χ4v) is 2.29. The molecule has 0 bridgehead atoms. The van der Waals surface area contributed by atoms with Gasteiger partial charge in [0.1, 0.15) is 12.4 Å². The van der Waals surface area contributed by atoms with Gasteiger partial charge in [-0.15, -0.1) is 0 Å². The van der Waals surface area contributed by atoms with E-state index < -0.39 is 0 Å². The first-order valence-electron chi connectivity index (χ1n) is 6.82. The van der Waals surface area contributed by atoms with E-state index in [2.05, 4.69) is 24.5 Å². The molecular weight excluding hydrogens is 240 g/mol. The molecule has 1 aromatic carbocycles. The van der Waals surface area contributed by atoms with Gasteiger partial charge in [0.15, 0.2) is 0 Å². The van der Waals surface area contributed by atoms with E-state index in [4.69, 9.17) is 4.74 Å². The predicted molar refractivity (Wildman–Crippen MR) is 75.7 cm³/mol. The molecule has 1 aromatic rings. The number of carbonyl (C=O) groups is 1. The van der Waals surface area contributed by atoms with Crippen LogP contribution in [0.2, 0.25) is 0 Å². The Morgan fingerprint density at radius 1 is 1.47 bits per heavy atom. The molecule has 0 saturated carbocycles. The van der Waals surface area contributed by atoms with Crippen LogP contribution in [0.25, 0.3) is 0 Å². The number of rotatable bonds is 4. The van der Waals surface area contributed by atoms with Crippen molar-refractivity contribution in [3.8, 4) is 5.75 Å². The number of hydrogen-bond donors (Lipinski definition) is 2. The van der Waals surface area contributed by atoms with Gasteiger partial charge in [-0.1, -0.05) is 19.9 Å². The Morgan fingerprint density at radius 2 is 2.26 bits per heavy atom. The standard InChI is InChI=1S/C15H22N2O2/c1-10(2)8-17-11-7-13-12(15(18)16-3)5-4-6-14(13)19-9-11/h4-6,10-11,17H,7-9H2,1-3H3,(H,16,18)/t11-/m1/s1. The highest BCUT2D eigenvalue weighted by Crippen LogP contribution is 2.27. The number of ether oxygens (including phenoxy) is 1. The predicted octanol–water partition coefficient (Wildman–Crippen LogP) is 1.60. The molecule has 0 aromatic heterocycles. The molecule has 1 atom stereocenters. The maximum absolute atomic E-state index is 11.9. The highest BCUT2D eigenvalue weighted by Gasteiger charge is 2.24. The van der Waals surface area contributed by atoms with Crippen molar-refractivity contribution in [3.05, 3.63) is 29.3 Å². The number of benzene rings is 1. The van der Waals surface area contributed by atoms with Gasteiger partial charge >= 0.3 is 0 Å². The van der Waals surface area contributed by atoms with Crippen molar-refractivity contribution >= 4 is 5.91 Å². The highest BCUT2D eigenvalue weighted by molar-refractivity contribution is 5.96. The molecule has 0 radical (unpaired) electrons. The quantitative estimate of drug-likeness (QED) is 0.866. The van der Waals surface area contributed by atoms with Crippen molar-refractivity contribution in [3.63, 3.8) is 0 Å². The molecule has 2 rings (SSSR count). The Balaban J connectivity index is 2.15. The molecule has 1 aliphatic heterocycles. The first-order chi connectivity index (χ1) is 9.11. The van der Waals surface area contributed by atoms with Crippen molar-refractivity contribution < 1.29 is 9.53 Å². The summed E-state index contributed by atoms with van der Waals surface area (Å²) in [6.07, 6.45) is 0.839. The lowest BCUT2D eigenvalue weighted by atomic mass is 9.96. The average molecular weight is 262 g/mol. The number of amides is 1. The third kappa shape index (κ3) is 3.26. The zero-order chi connectivity index (χ0) is 13.8. The van der Waals surface area contributed by atoms with E-state index in [1.165, 1.54) is 0 Å². The van der Waals surface area contributed by atoms with Crippen molar-refractivity contribution in [2.45, 2.75) is 26.3 Å². The van der Waals surface area contributed by atoms with E-state index in [1.807, 2.05) is 18.2 Å². The van der Waals surface area contributed by atoms with Gasteiger partial charge in [-0.3, -0.25) is 4.79 Å². The Labute approximate surface area is 114 Å². The summed E-state index contributed by atoms with van der Waals surface area (Å²) < 4.78 is 5.76. The molecular formula is C15H22N2O2. The van der Waals surface area contributed by atoms with Crippen LogP contribution in [0.4, 0.5) is 0 Å². The van der Waals surface area contributed by atoms with Gasteiger partial charge in [-0.2, -0.15) is 0 Å². The summed E-state index contributed by atoms with van der Waals surface area (Å²) in [5.41, 5.74) is 1.73. The molecule has 0 aliphatic carbocycles. The van der Waals surface area contributed by atoms with E-state index in [9.17, 15) is 4.79 Å². The van der Waals surface area contributed by atoms with Gasteiger partial charge < -0.3 is 15.4 Å². The zero-order valence-electron chi connectivity index (χ0n) is 11.8. The topological polar surface area (TPSA) is 50.4 Å². The highest BCUT2D eigenvalue weighted by atomic mass is 16.5. The summed E-state index contributed by atoms with van der Waals surface area (Å²) in [7, 11) is 1.65. The van der Waals surface area contributed by atoms with Gasteiger partial charge in [-0.05, 0) is 31.0 Å². The first-order valence-corrected chi connectivity index (χ1v) is 6.82. The molecule has 4 heteroatoms. The van der Waals surface area contributed by atoms with E-state index in [0.29, 0.717) is 12.5 Å². The largest absolute Gasteiger partial charge is 0.492 e.